The first-order chi connectivity index (χ1) is 26.6. The maximum Gasteiger partial charge on any atom is 0.481 e. The zero-order valence-corrected chi connectivity index (χ0v) is 34.7. The molecule has 0 amide bonds. The van der Waals surface area contributed by atoms with Gasteiger partial charge in [0, 0.05) is 36.9 Å². The maximum absolute atomic E-state index is 12.7. The van der Waals surface area contributed by atoms with Crippen LogP contribution in [0.2, 0.25) is 0 Å². The Kier molecular flexibility index (Phi) is 17.4. The van der Waals surface area contributed by atoms with Crippen molar-refractivity contribution in [2.24, 2.45) is 5.41 Å². The number of anilines is 1. The molecule has 1 aliphatic heterocycles. The van der Waals surface area contributed by atoms with Crippen molar-refractivity contribution in [3.63, 3.8) is 0 Å². The number of fused-ring (bicyclic) bond motifs is 1. The van der Waals surface area contributed by atoms with Crippen molar-refractivity contribution in [1.29, 1.82) is 0 Å². The molecule has 0 aromatic carbocycles. The van der Waals surface area contributed by atoms with Gasteiger partial charge in [-0.25, -0.2) is 28.6 Å². The number of carbonyl (C=O) groups excluding carboxylic acids is 3. The normalized spacial score (nSPS) is 22.5. The van der Waals surface area contributed by atoms with Gasteiger partial charge in [0.15, 0.2) is 28.6 Å². The summed E-state index contributed by atoms with van der Waals surface area (Å²) in [5.41, 5.74) is 2.57. The predicted molar refractivity (Wildman–Crippen MR) is 197 cm³/mol. The largest absolute Gasteiger partial charge is 0.481 e. The van der Waals surface area contributed by atoms with E-state index in [0.29, 0.717) is 6.42 Å². The Bertz CT molecular complexity index is 1940. The number of hydrogen-bond donors (Lipinski definition) is 9. The number of Topliss-reactive ketones (excluding diaryl/α,β-unsaturated/α-hetero) is 2. The van der Waals surface area contributed by atoms with Gasteiger partial charge < -0.3 is 50.5 Å². The van der Waals surface area contributed by atoms with Crippen molar-refractivity contribution in [3.05, 3.63) is 12.7 Å². The van der Waals surface area contributed by atoms with Crippen LogP contribution in [-0.2, 0) is 55.5 Å². The van der Waals surface area contributed by atoms with Crippen LogP contribution in [0, 0.1) is 5.41 Å². The minimum absolute atomic E-state index is 0.0211. The van der Waals surface area contributed by atoms with Crippen LogP contribution in [0.25, 0.3) is 11.2 Å². The lowest BCUT2D eigenvalue weighted by Crippen LogP contribution is -2.39. The van der Waals surface area contributed by atoms with Gasteiger partial charge in [0.1, 0.15) is 42.0 Å². The van der Waals surface area contributed by atoms with Crippen LogP contribution in [0.15, 0.2) is 12.7 Å². The summed E-state index contributed by atoms with van der Waals surface area (Å²) in [7, 11) is -16.4. The summed E-state index contributed by atoms with van der Waals surface area (Å²) in [6.07, 6.45) is -7.63. The molecule has 2 aromatic rings. The average Bonchev–Trinajstić information content (AvgIpc) is 3.63. The van der Waals surface area contributed by atoms with Crippen LogP contribution in [-0.4, -0.2) is 131 Å². The van der Waals surface area contributed by atoms with E-state index in [1.54, 1.807) is 0 Å². The third-order valence-corrected chi connectivity index (χ3v) is 12.3. The average molecular weight is 910 g/mol. The molecule has 1 saturated heterocycles. The van der Waals surface area contributed by atoms with Gasteiger partial charge in [-0.1, -0.05) is 25.6 Å². The fourth-order valence-electron chi connectivity index (χ4n) is 5.46. The van der Waals surface area contributed by atoms with Gasteiger partial charge in [-0.3, -0.25) is 37.3 Å². The van der Waals surface area contributed by atoms with Crippen LogP contribution in [0.1, 0.15) is 71.9 Å². The fraction of sp³-hybridized carbons (Fsp3) is 0.690. The number of rotatable bonds is 25. The lowest BCUT2D eigenvalue weighted by Gasteiger charge is -2.30. The number of aliphatic hydroxyl groups is 3. The standard InChI is InChI=1S/C29H46N5O20P3S/c1-28(2,24(41)17(36)8-4-6-16(35)7-5-9-58-20(39)11-29(3,42)10-19(37)38)13-51-57(48,49)54-56(46,47)50-12-18-23(53-55(43,44)45)22(40)27(52-18)34-15-33-21-25(30)31-14-32-26(21)34/h14-15,18,22-24,27,40-42H,4-13H2,1-3H3,(H,37,38)(H,46,47)(H,48,49)(H2,30,31,32)(H2,43,44,45)/t18-,22?,23+,24?,27-,29?/m1/s1. The minimum Gasteiger partial charge on any atom is -0.481 e. The zero-order chi connectivity index (χ0) is 43.9. The molecule has 10 N–H and O–H groups in total. The number of ether oxygens (including phenoxy) is 1. The number of hydrogen-bond acceptors (Lipinski definition) is 20. The van der Waals surface area contributed by atoms with Crippen molar-refractivity contribution >= 4 is 74.9 Å². The smallest absolute Gasteiger partial charge is 0.481 e. The molecule has 328 valence electrons. The second-order valence-electron chi connectivity index (χ2n) is 14.1. The number of ketones is 2. The number of phosphoric ester groups is 3. The van der Waals surface area contributed by atoms with Gasteiger partial charge in [0.2, 0.25) is 0 Å². The molecule has 0 radical (unpaired) electrons. The first kappa shape index (κ1) is 49.8. The topological polar surface area (TPSA) is 397 Å². The molecule has 25 nitrogen and oxygen atoms in total. The van der Waals surface area contributed by atoms with Gasteiger partial charge in [0.05, 0.1) is 31.6 Å². The molecule has 3 heterocycles. The summed E-state index contributed by atoms with van der Waals surface area (Å²) in [4.78, 5) is 98.6. The third kappa shape index (κ3) is 15.4. The number of imidazole rings is 1. The van der Waals surface area contributed by atoms with Crippen molar-refractivity contribution in [3.8, 4) is 0 Å². The second kappa shape index (κ2) is 20.3. The highest BCUT2D eigenvalue weighted by molar-refractivity contribution is 8.13. The number of carboxylic acids is 1. The molecule has 2 aromatic heterocycles. The monoisotopic (exact) mass is 909 g/mol. The van der Waals surface area contributed by atoms with Crippen LogP contribution < -0.4 is 5.73 Å². The Morgan fingerprint density at radius 3 is 2.26 bits per heavy atom. The van der Waals surface area contributed by atoms with Crippen molar-refractivity contribution in [2.75, 3.05) is 24.7 Å². The van der Waals surface area contributed by atoms with Crippen LogP contribution in [0.4, 0.5) is 5.82 Å². The fourth-order valence-corrected chi connectivity index (χ4v) is 9.22. The lowest BCUT2D eigenvalue weighted by atomic mass is 9.84. The number of nitrogens with zero attached hydrogens (tertiary/aromatic N) is 4. The molecular weight excluding hydrogens is 863 g/mol. The molecule has 1 aliphatic rings. The Hall–Kier alpha value is -2.61. The Morgan fingerprint density at radius 2 is 1.62 bits per heavy atom. The summed E-state index contributed by atoms with van der Waals surface area (Å²) in [6.45, 7) is 1.74. The molecule has 5 unspecified atom stereocenters. The van der Waals surface area contributed by atoms with Gasteiger partial charge >= 0.3 is 29.4 Å². The van der Waals surface area contributed by atoms with E-state index in [0.717, 1.165) is 29.0 Å². The number of carboxylic acid groups (broad SMARTS) is 1. The second-order valence-corrected chi connectivity index (χ2v) is 19.5. The lowest BCUT2D eigenvalue weighted by molar-refractivity contribution is -0.142. The minimum atomic E-state index is -5.58. The van der Waals surface area contributed by atoms with E-state index >= 15 is 0 Å². The predicted octanol–water partition coefficient (Wildman–Crippen LogP) is 0.747. The van der Waals surface area contributed by atoms with E-state index in [9.17, 15) is 67.8 Å². The van der Waals surface area contributed by atoms with Crippen LogP contribution >= 0.6 is 35.2 Å². The first-order valence-electron chi connectivity index (χ1n) is 17.1. The molecular formula is C29H46N5O20P3S. The number of aromatic nitrogens is 4. The van der Waals surface area contributed by atoms with E-state index in [-0.39, 0.29) is 60.6 Å². The summed E-state index contributed by atoms with van der Waals surface area (Å²) >= 11 is 0.849. The number of nitrogen functional groups attached to an aromatic ring is 1. The molecule has 58 heavy (non-hydrogen) atoms. The highest BCUT2D eigenvalue weighted by Crippen LogP contribution is 2.61. The van der Waals surface area contributed by atoms with Crippen molar-refractivity contribution in [2.45, 2.75) is 102 Å². The van der Waals surface area contributed by atoms with E-state index in [1.165, 1.54) is 20.8 Å². The van der Waals surface area contributed by atoms with Gasteiger partial charge in [0.25, 0.3) is 0 Å². The van der Waals surface area contributed by atoms with Crippen LogP contribution in [0.3, 0.4) is 0 Å². The summed E-state index contributed by atoms with van der Waals surface area (Å²) < 4.78 is 62.1. The molecule has 3 rings (SSSR count). The molecule has 0 saturated carbocycles. The van der Waals surface area contributed by atoms with Crippen molar-refractivity contribution < 1.29 is 95.5 Å². The quantitative estimate of drug-likeness (QED) is 0.0490. The summed E-state index contributed by atoms with van der Waals surface area (Å²) in [6, 6.07) is 0. The molecule has 0 spiro atoms. The SMILES string of the molecule is CC(O)(CC(=O)O)CC(=O)SCCCC(=O)CCCC(=O)C(O)C(C)(C)COP(=O)(O)OP(=O)(O)OC[C@H]1O[C@@H](n2cnc3c(N)ncnc32)C(O)[C@H]1OP(=O)(O)O. The van der Waals surface area contributed by atoms with Crippen molar-refractivity contribution in [1.82, 2.24) is 19.5 Å². The number of thioether (sulfide) groups is 1. The Balaban J connectivity index is 1.47. The summed E-state index contributed by atoms with van der Waals surface area (Å²) in [5.74, 6) is -2.07. The zero-order valence-electron chi connectivity index (χ0n) is 31.2. The number of aliphatic carboxylic acids is 1. The molecule has 29 heteroatoms. The number of carbonyl (C=O) groups is 4. The number of aliphatic hydroxyl groups excluding tert-OH is 2. The highest BCUT2D eigenvalue weighted by atomic mass is 32.2. The molecule has 1 fully saturated rings. The molecule has 0 bridgehead atoms. The number of phosphoric acid groups is 3. The molecule has 0 aliphatic carbocycles. The molecule has 8 atom stereocenters. The Labute approximate surface area is 334 Å². The highest BCUT2D eigenvalue weighted by Gasteiger charge is 2.50. The third-order valence-electron chi connectivity index (χ3n) is 8.28. The Morgan fingerprint density at radius 1 is 0.983 bits per heavy atom. The number of nitrogens with two attached hydrogens (primary N) is 1. The van der Waals surface area contributed by atoms with Gasteiger partial charge in [-0.05, 0) is 19.8 Å². The van der Waals surface area contributed by atoms with E-state index in [4.69, 9.17) is 24.6 Å². The van der Waals surface area contributed by atoms with Gasteiger partial charge in [-0.15, -0.1) is 0 Å². The maximum atomic E-state index is 12.7. The first-order valence-corrected chi connectivity index (χ1v) is 22.6. The van der Waals surface area contributed by atoms with Gasteiger partial charge in [-0.2, -0.15) is 4.31 Å². The van der Waals surface area contributed by atoms with Crippen LogP contribution in [0.5, 0.6) is 0 Å². The van der Waals surface area contributed by atoms with E-state index < -0.39 is 102 Å². The van der Waals surface area contributed by atoms with E-state index in [2.05, 4.69) is 23.8 Å². The van der Waals surface area contributed by atoms with E-state index in [1.807, 2.05) is 0 Å². The summed E-state index contributed by atoms with van der Waals surface area (Å²) in [5, 5.41) is 39.8.